The third-order valence-electron chi connectivity index (χ3n) is 7.40. The number of hydrogen-bond acceptors (Lipinski definition) is 4. The summed E-state index contributed by atoms with van der Waals surface area (Å²) in [5.41, 5.74) is 4.44. The van der Waals surface area contributed by atoms with Crippen LogP contribution in [0.1, 0.15) is 58.8 Å². The molecule has 4 aliphatic carbocycles. The fraction of sp³-hybridized carbons (Fsp3) is 0.944. The minimum atomic E-state index is -0.823. The lowest BCUT2D eigenvalue weighted by Crippen LogP contribution is -2.69. The van der Waals surface area contributed by atoms with Crippen LogP contribution in [0.2, 0.25) is 0 Å². The molecule has 5 nitrogen and oxygen atoms in total. The van der Waals surface area contributed by atoms with E-state index in [1.807, 2.05) is 4.90 Å². The molecule has 1 amide bonds. The van der Waals surface area contributed by atoms with Crippen LogP contribution in [0.5, 0.6) is 0 Å². The van der Waals surface area contributed by atoms with Gasteiger partial charge in [0.05, 0.1) is 17.2 Å². The van der Waals surface area contributed by atoms with Gasteiger partial charge in [0.1, 0.15) is 0 Å². The molecule has 1 aliphatic heterocycles. The number of amides is 1. The van der Waals surface area contributed by atoms with Crippen LogP contribution in [-0.4, -0.2) is 50.9 Å². The molecule has 5 fully saturated rings. The van der Waals surface area contributed by atoms with E-state index in [-0.39, 0.29) is 11.9 Å². The highest BCUT2D eigenvalue weighted by Gasteiger charge is 2.65. The summed E-state index contributed by atoms with van der Waals surface area (Å²) >= 11 is 0. The molecule has 0 aromatic rings. The number of nitrogens with two attached hydrogens (primary N) is 1. The summed E-state index contributed by atoms with van der Waals surface area (Å²) in [4.78, 5) is 15.0. The van der Waals surface area contributed by atoms with Crippen LogP contribution in [0, 0.1) is 17.3 Å². The summed E-state index contributed by atoms with van der Waals surface area (Å²) in [5, 5.41) is 21.8. The molecule has 130 valence electrons. The van der Waals surface area contributed by atoms with E-state index >= 15 is 0 Å². The van der Waals surface area contributed by atoms with Crippen molar-refractivity contribution in [3.63, 3.8) is 0 Å². The number of hydrogen-bond donors (Lipinski definition) is 3. The third-order valence-corrected chi connectivity index (χ3v) is 7.40. The Bertz CT molecular complexity index is 518. The largest absolute Gasteiger partial charge is 0.390 e. The van der Waals surface area contributed by atoms with Gasteiger partial charge in [-0.2, -0.15) is 0 Å². The first-order valence-corrected chi connectivity index (χ1v) is 9.16. The van der Waals surface area contributed by atoms with Gasteiger partial charge in [-0.05, 0) is 57.3 Å². The summed E-state index contributed by atoms with van der Waals surface area (Å²) in [6.45, 7) is 5.06. The molecule has 4 N–H and O–H groups in total. The molecule has 5 aliphatic rings. The Kier molecular flexibility index (Phi) is 3.24. The molecule has 0 aromatic heterocycles. The summed E-state index contributed by atoms with van der Waals surface area (Å²) in [6, 6.07) is -0.370. The van der Waals surface area contributed by atoms with E-state index < -0.39 is 22.7 Å². The summed E-state index contributed by atoms with van der Waals surface area (Å²) in [5.74, 6) is 0.835. The van der Waals surface area contributed by atoms with Crippen molar-refractivity contribution in [2.24, 2.45) is 23.0 Å². The maximum atomic E-state index is 13.1. The van der Waals surface area contributed by atoms with Crippen LogP contribution in [-0.2, 0) is 4.79 Å². The number of nitrogens with zero attached hydrogens (tertiary/aromatic N) is 1. The van der Waals surface area contributed by atoms with Crippen molar-refractivity contribution in [1.29, 1.82) is 0 Å². The second kappa shape index (κ2) is 4.70. The Morgan fingerprint density at radius 2 is 1.74 bits per heavy atom. The van der Waals surface area contributed by atoms with Crippen LogP contribution >= 0.6 is 0 Å². The number of carbonyl (C=O) groups excluding carboxylic acids is 1. The average molecular weight is 322 g/mol. The molecular weight excluding hydrogens is 292 g/mol. The van der Waals surface area contributed by atoms with Crippen molar-refractivity contribution in [2.45, 2.75) is 82.1 Å². The number of likely N-dealkylation sites (tertiary alicyclic amines) is 1. The standard InChI is InChI=1S/C18H30N2O3/c1-11-3-4-20(12(11)2)15(21)14(19)16-5-13-6-17(22,8-16)10-18(23,7-13)9-16/h11-14,22-23H,3-10,19H2,1-2H3. The highest BCUT2D eigenvalue weighted by molar-refractivity contribution is 5.83. The zero-order valence-electron chi connectivity index (χ0n) is 14.3. The van der Waals surface area contributed by atoms with Gasteiger partial charge in [-0.25, -0.2) is 0 Å². The smallest absolute Gasteiger partial charge is 0.240 e. The predicted molar refractivity (Wildman–Crippen MR) is 86.5 cm³/mol. The first-order chi connectivity index (χ1) is 10.7. The van der Waals surface area contributed by atoms with E-state index in [0.29, 0.717) is 31.1 Å². The Morgan fingerprint density at radius 3 is 2.22 bits per heavy atom. The van der Waals surface area contributed by atoms with Gasteiger partial charge in [-0.15, -0.1) is 0 Å². The molecular formula is C18H30N2O3. The van der Waals surface area contributed by atoms with Crippen molar-refractivity contribution in [2.75, 3.05) is 6.54 Å². The van der Waals surface area contributed by atoms with Gasteiger partial charge in [0.2, 0.25) is 5.91 Å². The number of carbonyl (C=O) groups is 1. The van der Waals surface area contributed by atoms with E-state index in [9.17, 15) is 15.0 Å². The molecule has 5 heteroatoms. The van der Waals surface area contributed by atoms with Crippen LogP contribution < -0.4 is 5.73 Å². The van der Waals surface area contributed by atoms with E-state index in [1.54, 1.807) is 0 Å². The quantitative estimate of drug-likeness (QED) is 0.708. The molecule has 0 aromatic carbocycles. The number of aliphatic hydroxyl groups is 2. The Balaban J connectivity index is 1.61. The minimum Gasteiger partial charge on any atom is -0.390 e. The Labute approximate surface area is 138 Å². The normalized spacial score (nSPS) is 52.9. The monoisotopic (exact) mass is 322 g/mol. The van der Waals surface area contributed by atoms with Gasteiger partial charge < -0.3 is 20.8 Å². The average Bonchev–Trinajstić information content (AvgIpc) is 2.73. The summed E-state index contributed by atoms with van der Waals surface area (Å²) < 4.78 is 0. The van der Waals surface area contributed by atoms with Crippen molar-refractivity contribution in [1.82, 2.24) is 4.90 Å². The predicted octanol–water partition coefficient (Wildman–Crippen LogP) is 1.02. The molecule has 1 saturated heterocycles. The zero-order valence-corrected chi connectivity index (χ0v) is 14.3. The highest BCUT2D eigenvalue weighted by atomic mass is 16.3. The Hall–Kier alpha value is -0.650. The maximum absolute atomic E-state index is 13.1. The maximum Gasteiger partial charge on any atom is 0.240 e. The van der Waals surface area contributed by atoms with Crippen molar-refractivity contribution in [3.05, 3.63) is 0 Å². The lowest BCUT2D eigenvalue weighted by molar-refractivity contribution is -0.234. The lowest BCUT2D eigenvalue weighted by Gasteiger charge is -2.64. The van der Waals surface area contributed by atoms with Crippen LogP contribution in [0.3, 0.4) is 0 Å². The molecule has 0 spiro atoms. The molecule has 0 radical (unpaired) electrons. The topological polar surface area (TPSA) is 86.8 Å². The van der Waals surface area contributed by atoms with Crippen LogP contribution in [0.15, 0.2) is 0 Å². The summed E-state index contributed by atoms with van der Waals surface area (Å²) in [6.07, 6.45) is 5.03. The Morgan fingerprint density at radius 1 is 1.13 bits per heavy atom. The minimum absolute atomic E-state index is 0.0241. The second-order valence-electron chi connectivity index (χ2n) is 9.34. The lowest BCUT2D eigenvalue weighted by atomic mass is 9.44. The van der Waals surface area contributed by atoms with Crippen LogP contribution in [0.25, 0.3) is 0 Å². The third kappa shape index (κ3) is 2.27. The van der Waals surface area contributed by atoms with E-state index in [0.717, 1.165) is 32.2 Å². The molecule has 4 saturated carbocycles. The van der Waals surface area contributed by atoms with Gasteiger partial charge in [-0.1, -0.05) is 6.92 Å². The van der Waals surface area contributed by atoms with Gasteiger partial charge in [0.15, 0.2) is 0 Å². The second-order valence-corrected chi connectivity index (χ2v) is 9.34. The van der Waals surface area contributed by atoms with Gasteiger partial charge in [0.25, 0.3) is 0 Å². The number of rotatable bonds is 2. The first kappa shape index (κ1) is 15.9. The van der Waals surface area contributed by atoms with Gasteiger partial charge in [-0.3, -0.25) is 4.79 Å². The first-order valence-electron chi connectivity index (χ1n) is 9.16. The molecule has 23 heavy (non-hydrogen) atoms. The van der Waals surface area contributed by atoms with Gasteiger partial charge in [0, 0.05) is 24.4 Å². The van der Waals surface area contributed by atoms with E-state index in [4.69, 9.17) is 5.73 Å². The fourth-order valence-electron chi connectivity index (χ4n) is 6.60. The van der Waals surface area contributed by atoms with Crippen LogP contribution in [0.4, 0.5) is 0 Å². The highest BCUT2D eigenvalue weighted by Crippen LogP contribution is 2.64. The van der Waals surface area contributed by atoms with E-state index in [1.165, 1.54) is 0 Å². The fourth-order valence-corrected chi connectivity index (χ4v) is 6.60. The SMILES string of the molecule is CC1CCN(C(=O)C(N)C23CC4CC(O)(CC(O)(C4)C2)C3)C1C. The molecule has 1 heterocycles. The van der Waals surface area contributed by atoms with Crippen molar-refractivity contribution < 1.29 is 15.0 Å². The van der Waals surface area contributed by atoms with E-state index in [2.05, 4.69) is 13.8 Å². The van der Waals surface area contributed by atoms with Crippen molar-refractivity contribution >= 4 is 5.91 Å². The molecule has 5 atom stereocenters. The molecule has 5 unspecified atom stereocenters. The van der Waals surface area contributed by atoms with Crippen molar-refractivity contribution in [3.8, 4) is 0 Å². The van der Waals surface area contributed by atoms with Gasteiger partial charge >= 0.3 is 0 Å². The molecule has 5 rings (SSSR count). The molecule has 4 bridgehead atoms. The zero-order chi connectivity index (χ0) is 16.6. The summed E-state index contributed by atoms with van der Waals surface area (Å²) in [7, 11) is 0.